The van der Waals surface area contributed by atoms with Crippen molar-refractivity contribution in [1.82, 2.24) is 10.0 Å². The quantitative estimate of drug-likeness (QED) is 0.559. The Hall–Kier alpha value is -2.58. The number of carbonyl (C=O) groups excluding carboxylic acids is 1. The van der Waals surface area contributed by atoms with Gasteiger partial charge in [-0.2, -0.15) is 4.72 Å². The minimum atomic E-state index is -3.98. The van der Waals surface area contributed by atoms with E-state index in [0.717, 1.165) is 31.2 Å². The van der Waals surface area contributed by atoms with Crippen LogP contribution in [0, 0.1) is 0 Å². The number of rotatable bonds is 9. The molecule has 0 spiro atoms. The summed E-state index contributed by atoms with van der Waals surface area (Å²) in [6.45, 7) is 0. The van der Waals surface area contributed by atoms with Crippen molar-refractivity contribution in [2.75, 3.05) is 14.2 Å². The Labute approximate surface area is 190 Å². The summed E-state index contributed by atoms with van der Waals surface area (Å²) in [5.74, 6) is 0.432. The fraction of sp³-hybridized carbons (Fsp3) is 0.458. The lowest BCUT2D eigenvalue weighted by Crippen LogP contribution is -2.50. The largest absolute Gasteiger partial charge is 0.493 e. The van der Waals surface area contributed by atoms with Crippen molar-refractivity contribution in [3.8, 4) is 11.5 Å². The van der Waals surface area contributed by atoms with Gasteiger partial charge in [0.2, 0.25) is 15.9 Å². The van der Waals surface area contributed by atoms with Gasteiger partial charge < -0.3 is 14.8 Å². The standard InChI is InChI=1S/C24H32N2O5S/c1-30-22-15-14-20(17-23(22)31-2)32(28,29)26-21(16-18-10-6-5-7-11-18)24(27)25-19-12-8-3-4-9-13-19/h5-7,10-11,14-15,17,19,21,26H,3-4,8-9,12-13,16H2,1-2H3,(H,25,27). The Bertz CT molecular complexity index is 987. The topological polar surface area (TPSA) is 93.7 Å². The van der Waals surface area contributed by atoms with Crippen LogP contribution >= 0.6 is 0 Å². The van der Waals surface area contributed by atoms with E-state index in [1.54, 1.807) is 0 Å². The molecular weight excluding hydrogens is 428 g/mol. The molecule has 0 heterocycles. The maximum Gasteiger partial charge on any atom is 0.241 e. The van der Waals surface area contributed by atoms with E-state index < -0.39 is 16.1 Å². The van der Waals surface area contributed by atoms with Crippen LogP contribution in [0.5, 0.6) is 11.5 Å². The predicted octanol–water partition coefficient (Wildman–Crippen LogP) is 3.43. The number of benzene rings is 2. The normalized spacial score (nSPS) is 16.1. The van der Waals surface area contributed by atoms with Crippen LogP contribution in [0.2, 0.25) is 0 Å². The monoisotopic (exact) mass is 460 g/mol. The van der Waals surface area contributed by atoms with Crippen LogP contribution in [0.15, 0.2) is 53.4 Å². The van der Waals surface area contributed by atoms with Gasteiger partial charge in [-0.05, 0) is 37.0 Å². The summed E-state index contributed by atoms with van der Waals surface area (Å²) in [6, 6.07) is 12.9. The van der Waals surface area contributed by atoms with Crippen molar-refractivity contribution in [3.05, 3.63) is 54.1 Å². The minimum Gasteiger partial charge on any atom is -0.493 e. The van der Waals surface area contributed by atoms with Crippen LogP contribution in [0.1, 0.15) is 44.1 Å². The van der Waals surface area contributed by atoms with Crippen molar-refractivity contribution in [3.63, 3.8) is 0 Å². The van der Waals surface area contributed by atoms with Crippen LogP contribution < -0.4 is 19.5 Å². The summed E-state index contributed by atoms with van der Waals surface area (Å²) in [6.07, 6.45) is 6.60. The highest BCUT2D eigenvalue weighted by molar-refractivity contribution is 7.89. The highest BCUT2D eigenvalue weighted by Gasteiger charge is 2.28. The van der Waals surface area contributed by atoms with Gasteiger partial charge in [0, 0.05) is 12.1 Å². The highest BCUT2D eigenvalue weighted by Crippen LogP contribution is 2.29. The zero-order chi connectivity index (χ0) is 23.0. The third-order valence-electron chi connectivity index (χ3n) is 5.76. The Morgan fingerprint density at radius 1 is 0.969 bits per heavy atom. The van der Waals surface area contributed by atoms with Crippen molar-refractivity contribution < 1.29 is 22.7 Å². The van der Waals surface area contributed by atoms with E-state index in [2.05, 4.69) is 10.0 Å². The third-order valence-corrected chi connectivity index (χ3v) is 7.23. The average Bonchev–Trinajstić information content (AvgIpc) is 3.07. The summed E-state index contributed by atoms with van der Waals surface area (Å²) < 4.78 is 39.4. The molecular formula is C24H32N2O5S. The van der Waals surface area contributed by atoms with Crippen LogP contribution in [0.4, 0.5) is 0 Å². The molecule has 8 heteroatoms. The van der Waals surface area contributed by atoms with Crippen LogP contribution in [-0.2, 0) is 21.2 Å². The summed E-state index contributed by atoms with van der Waals surface area (Å²) in [5, 5.41) is 3.08. The molecule has 2 aromatic carbocycles. The lowest BCUT2D eigenvalue weighted by Gasteiger charge is -2.23. The van der Waals surface area contributed by atoms with Crippen LogP contribution in [0.3, 0.4) is 0 Å². The van der Waals surface area contributed by atoms with Crippen molar-refractivity contribution in [2.45, 2.75) is 61.9 Å². The maximum atomic E-state index is 13.2. The van der Waals surface area contributed by atoms with Gasteiger partial charge >= 0.3 is 0 Å². The maximum absolute atomic E-state index is 13.2. The first-order chi connectivity index (χ1) is 15.4. The molecule has 1 aliphatic carbocycles. The fourth-order valence-electron chi connectivity index (χ4n) is 4.00. The highest BCUT2D eigenvalue weighted by atomic mass is 32.2. The van der Waals surface area contributed by atoms with Crippen LogP contribution in [0.25, 0.3) is 0 Å². The number of methoxy groups -OCH3 is 2. The first-order valence-corrected chi connectivity index (χ1v) is 12.5. The van der Waals surface area contributed by atoms with E-state index in [4.69, 9.17) is 9.47 Å². The zero-order valence-corrected chi connectivity index (χ0v) is 19.5. The average molecular weight is 461 g/mol. The molecule has 3 rings (SSSR count). The number of ether oxygens (including phenoxy) is 2. The summed E-state index contributed by atoms with van der Waals surface area (Å²) in [5.41, 5.74) is 0.878. The Kier molecular flexibility index (Phi) is 8.53. The second-order valence-corrected chi connectivity index (χ2v) is 9.79. The minimum absolute atomic E-state index is 0.00970. The van der Waals surface area contributed by atoms with Crippen molar-refractivity contribution in [1.29, 1.82) is 0 Å². The van der Waals surface area contributed by atoms with Gasteiger partial charge in [0.15, 0.2) is 11.5 Å². The van der Waals surface area contributed by atoms with E-state index >= 15 is 0 Å². The molecule has 7 nitrogen and oxygen atoms in total. The molecule has 0 aromatic heterocycles. The summed E-state index contributed by atoms with van der Waals surface area (Å²) in [4.78, 5) is 13.2. The Morgan fingerprint density at radius 2 is 1.62 bits per heavy atom. The zero-order valence-electron chi connectivity index (χ0n) is 18.7. The number of hydrogen-bond donors (Lipinski definition) is 2. The van der Waals surface area contributed by atoms with Gasteiger partial charge in [-0.25, -0.2) is 8.42 Å². The van der Waals surface area contributed by atoms with Gasteiger partial charge in [0.05, 0.1) is 19.1 Å². The molecule has 174 valence electrons. The van der Waals surface area contributed by atoms with E-state index in [9.17, 15) is 13.2 Å². The van der Waals surface area contributed by atoms with E-state index in [0.29, 0.717) is 11.5 Å². The first kappa shape index (κ1) is 24.1. The molecule has 1 saturated carbocycles. The number of carbonyl (C=O) groups is 1. The van der Waals surface area contributed by atoms with Crippen LogP contribution in [-0.4, -0.2) is 40.6 Å². The van der Waals surface area contributed by atoms with E-state index in [-0.39, 0.29) is 23.3 Å². The Morgan fingerprint density at radius 3 is 2.25 bits per heavy atom. The predicted molar refractivity (Wildman–Crippen MR) is 123 cm³/mol. The summed E-state index contributed by atoms with van der Waals surface area (Å²) >= 11 is 0. The fourth-order valence-corrected chi connectivity index (χ4v) is 5.21. The Balaban J connectivity index is 1.82. The molecule has 2 aromatic rings. The third kappa shape index (κ3) is 6.46. The molecule has 1 atom stereocenters. The van der Waals surface area contributed by atoms with Gasteiger partial charge in [-0.1, -0.05) is 56.0 Å². The second-order valence-electron chi connectivity index (χ2n) is 8.08. The lowest BCUT2D eigenvalue weighted by molar-refractivity contribution is -0.123. The second kappa shape index (κ2) is 11.3. The number of hydrogen-bond acceptors (Lipinski definition) is 5. The van der Waals surface area contributed by atoms with Gasteiger partial charge in [-0.15, -0.1) is 0 Å². The van der Waals surface area contributed by atoms with Crippen molar-refractivity contribution in [2.24, 2.45) is 0 Å². The molecule has 1 fully saturated rings. The molecule has 0 bridgehead atoms. The van der Waals surface area contributed by atoms with Gasteiger partial charge in [0.1, 0.15) is 6.04 Å². The SMILES string of the molecule is COc1ccc(S(=O)(=O)NC(Cc2ccccc2)C(=O)NC2CCCCCC2)cc1OC. The van der Waals surface area contributed by atoms with E-state index in [1.165, 1.54) is 45.3 Å². The molecule has 1 unspecified atom stereocenters. The molecule has 0 radical (unpaired) electrons. The molecule has 32 heavy (non-hydrogen) atoms. The number of amides is 1. The number of sulfonamides is 1. The summed E-state index contributed by atoms with van der Waals surface area (Å²) in [7, 11) is -1.05. The molecule has 0 saturated heterocycles. The molecule has 1 aliphatic rings. The number of nitrogens with one attached hydrogen (secondary N) is 2. The van der Waals surface area contributed by atoms with Crippen molar-refractivity contribution >= 4 is 15.9 Å². The smallest absolute Gasteiger partial charge is 0.241 e. The van der Waals surface area contributed by atoms with Gasteiger partial charge in [0.25, 0.3) is 0 Å². The molecule has 0 aliphatic heterocycles. The molecule has 2 N–H and O–H groups in total. The first-order valence-electron chi connectivity index (χ1n) is 11.0. The van der Waals surface area contributed by atoms with Gasteiger partial charge in [-0.3, -0.25) is 4.79 Å². The molecule has 1 amide bonds. The van der Waals surface area contributed by atoms with E-state index in [1.807, 2.05) is 30.3 Å². The lowest BCUT2D eigenvalue weighted by atomic mass is 10.0.